The van der Waals surface area contributed by atoms with Gasteiger partial charge >= 0.3 is 0 Å². The van der Waals surface area contributed by atoms with Crippen LogP contribution in [0.25, 0.3) is 11.1 Å². The summed E-state index contributed by atoms with van der Waals surface area (Å²) in [4.78, 5) is 29.1. The molecular weight excluding hydrogens is 532 g/mol. The third-order valence-corrected chi connectivity index (χ3v) is 6.05. The van der Waals surface area contributed by atoms with Crippen LogP contribution in [0, 0.1) is 0 Å². The lowest BCUT2D eigenvalue weighted by Crippen LogP contribution is -2.17. The Labute approximate surface area is 245 Å². The first-order valence-corrected chi connectivity index (χ1v) is 13.3. The van der Waals surface area contributed by atoms with E-state index in [1.165, 1.54) is 0 Å². The van der Waals surface area contributed by atoms with Crippen LogP contribution in [0.5, 0.6) is 11.5 Å². The van der Waals surface area contributed by atoms with Crippen LogP contribution in [0.4, 0.5) is 23.8 Å². The van der Waals surface area contributed by atoms with Crippen molar-refractivity contribution in [3.8, 4) is 22.6 Å². The predicted molar refractivity (Wildman–Crippen MR) is 165 cm³/mol. The highest BCUT2D eigenvalue weighted by atomic mass is 16.5. The maximum atomic E-state index is 6.24. The summed E-state index contributed by atoms with van der Waals surface area (Å²) in [5.41, 5.74) is 15.7. The van der Waals surface area contributed by atoms with Crippen molar-refractivity contribution < 1.29 is 9.47 Å². The topological polar surface area (TPSA) is 154 Å². The molecule has 2 heterocycles. The molecule has 0 saturated carbocycles. The summed E-state index contributed by atoms with van der Waals surface area (Å²) in [5, 5.41) is 0. The Morgan fingerprint density at radius 3 is 1.79 bits per heavy atom. The first-order valence-electron chi connectivity index (χ1n) is 13.3. The normalized spacial score (nSPS) is 10.7. The van der Waals surface area contributed by atoms with Gasteiger partial charge in [-0.05, 0) is 53.8 Å². The lowest BCUT2D eigenvalue weighted by atomic mass is 9.97. The highest BCUT2D eigenvalue weighted by Gasteiger charge is 2.14. The number of anilines is 4. The number of nitrogens with two attached hydrogens (primary N) is 2. The van der Waals surface area contributed by atoms with Crippen LogP contribution in [-0.2, 0) is 26.1 Å². The van der Waals surface area contributed by atoms with E-state index in [4.69, 9.17) is 20.9 Å². The van der Waals surface area contributed by atoms with Gasteiger partial charge in [-0.15, -0.1) is 13.2 Å². The van der Waals surface area contributed by atoms with Crippen molar-refractivity contribution in [3.63, 3.8) is 0 Å². The molecule has 12 heteroatoms. The van der Waals surface area contributed by atoms with Gasteiger partial charge in [-0.3, -0.25) is 0 Å². The number of benzene rings is 2. The van der Waals surface area contributed by atoms with Crippen LogP contribution in [0.3, 0.4) is 0 Å². The van der Waals surface area contributed by atoms with E-state index in [1.54, 1.807) is 9.80 Å². The van der Waals surface area contributed by atoms with E-state index >= 15 is 0 Å². The summed E-state index contributed by atoms with van der Waals surface area (Å²) in [6, 6.07) is 12.0. The van der Waals surface area contributed by atoms with Gasteiger partial charge < -0.3 is 30.7 Å². The lowest BCUT2D eigenvalue weighted by Gasteiger charge is -2.17. The van der Waals surface area contributed by atoms with E-state index in [2.05, 4.69) is 55.2 Å². The number of nitrogen functional groups attached to an aromatic ring is 2. The van der Waals surface area contributed by atoms with Crippen LogP contribution in [0.15, 0.2) is 61.7 Å². The molecule has 0 aliphatic carbocycles. The summed E-state index contributed by atoms with van der Waals surface area (Å²) < 4.78 is 12.4. The first kappa shape index (κ1) is 29.7. The molecule has 0 spiro atoms. The van der Waals surface area contributed by atoms with Crippen LogP contribution >= 0.6 is 0 Å². The summed E-state index contributed by atoms with van der Waals surface area (Å²) >= 11 is 0. The van der Waals surface area contributed by atoms with Crippen molar-refractivity contribution in [1.82, 2.24) is 29.9 Å². The Morgan fingerprint density at radius 2 is 1.24 bits per heavy atom. The minimum Gasteiger partial charge on any atom is -0.485 e. The molecule has 0 aliphatic rings. The number of hydrogen-bond acceptors (Lipinski definition) is 12. The highest BCUT2D eigenvalue weighted by molar-refractivity contribution is 5.73. The number of allylic oxidation sites excluding steroid dienone is 2. The molecule has 0 amide bonds. The fourth-order valence-electron chi connectivity index (χ4n) is 4.09. The van der Waals surface area contributed by atoms with E-state index in [9.17, 15) is 0 Å². The van der Waals surface area contributed by atoms with E-state index < -0.39 is 0 Å². The van der Waals surface area contributed by atoms with Gasteiger partial charge in [0.2, 0.25) is 23.8 Å². The molecular formula is C30H36N10O2. The molecule has 218 valence electrons. The van der Waals surface area contributed by atoms with Crippen LogP contribution in [0.2, 0.25) is 0 Å². The van der Waals surface area contributed by atoms with Gasteiger partial charge in [0, 0.05) is 33.8 Å². The van der Waals surface area contributed by atoms with Crippen LogP contribution < -0.4 is 30.7 Å². The molecule has 0 atom stereocenters. The Balaban J connectivity index is 1.64. The summed E-state index contributed by atoms with van der Waals surface area (Å²) in [7, 11) is 7.35. The van der Waals surface area contributed by atoms with Crippen LogP contribution in [-0.4, -0.2) is 58.1 Å². The number of rotatable bonds is 13. The standard InChI is InChI=1S/C30H36N10O2/c1-7-9-19-11-13-24(42-18-26-34-28(32)38-30(36-26)40(5)6)22(15-19)20-12-14-23(21(16-20)10-8-2)41-17-25-33-27(31)37-29(35-25)39(3)4/h7-8,11-16H,1-2,9-10,17-18H2,3-6H3,(H2,31,33,35,37)(H2,32,34,36,38). The summed E-state index contributed by atoms with van der Waals surface area (Å²) in [6.45, 7) is 8.05. The van der Waals surface area contributed by atoms with Crippen molar-refractivity contribution in [2.75, 3.05) is 49.5 Å². The van der Waals surface area contributed by atoms with Crippen molar-refractivity contribution in [3.05, 3.63) is 84.5 Å². The molecule has 0 unspecified atom stereocenters. The lowest BCUT2D eigenvalue weighted by molar-refractivity contribution is 0.293. The maximum absolute atomic E-state index is 6.24. The second-order valence-corrected chi connectivity index (χ2v) is 9.82. The third-order valence-electron chi connectivity index (χ3n) is 6.05. The fraction of sp³-hybridized carbons (Fsp3) is 0.267. The second-order valence-electron chi connectivity index (χ2n) is 9.82. The monoisotopic (exact) mass is 568 g/mol. The fourth-order valence-corrected chi connectivity index (χ4v) is 4.09. The van der Waals surface area contributed by atoms with Crippen LogP contribution in [0.1, 0.15) is 22.8 Å². The summed E-state index contributed by atoms with van der Waals surface area (Å²) in [6.07, 6.45) is 5.00. The zero-order valence-electron chi connectivity index (χ0n) is 24.4. The predicted octanol–water partition coefficient (Wildman–Crippen LogP) is 3.64. The van der Waals surface area contributed by atoms with Crippen molar-refractivity contribution in [2.45, 2.75) is 26.1 Å². The molecule has 0 radical (unpaired) electrons. The van der Waals surface area contributed by atoms with Gasteiger partial charge in [0.25, 0.3) is 0 Å². The van der Waals surface area contributed by atoms with Gasteiger partial charge in [-0.2, -0.15) is 29.9 Å². The molecule has 42 heavy (non-hydrogen) atoms. The molecule has 4 rings (SSSR count). The Hall–Kier alpha value is -5.26. The minimum atomic E-state index is 0.117. The third kappa shape index (κ3) is 7.47. The Kier molecular flexibility index (Phi) is 9.48. The number of aromatic nitrogens is 6. The number of hydrogen-bond donors (Lipinski definition) is 2. The zero-order valence-corrected chi connectivity index (χ0v) is 24.4. The van der Waals surface area contributed by atoms with Crippen molar-refractivity contribution in [1.29, 1.82) is 0 Å². The van der Waals surface area contributed by atoms with E-state index in [-0.39, 0.29) is 25.1 Å². The molecule has 2 aromatic heterocycles. The average molecular weight is 569 g/mol. The van der Waals surface area contributed by atoms with Crippen molar-refractivity contribution in [2.24, 2.45) is 0 Å². The maximum Gasteiger partial charge on any atom is 0.230 e. The molecule has 4 N–H and O–H groups in total. The number of nitrogens with zero attached hydrogens (tertiary/aromatic N) is 8. The zero-order chi connectivity index (χ0) is 30.2. The molecule has 4 aromatic rings. The smallest absolute Gasteiger partial charge is 0.230 e. The largest absolute Gasteiger partial charge is 0.485 e. The van der Waals surface area contributed by atoms with Gasteiger partial charge in [-0.25, -0.2) is 0 Å². The quantitative estimate of drug-likeness (QED) is 0.226. The van der Waals surface area contributed by atoms with Crippen molar-refractivity contribution >= 4 is 23.8 Å². The molecule has 0 aliphatic heterocycles. The molecule has 12 nitrogen and oxygen atoms in total. The van der Waals surface area contributed by atoms with E-state index in [0.29, 0.717) is 47.9 Å². The molecule has 0 saturated heterocycles. The highest BCUT2D eigenvalue weighted by Crippen LogP contribution is 2.35. The number of ether oxygens (including phenoxy) is 2. The van der Waals surface area contributed by atoms with E-state index in [0.717, 1.165) is 22.3 Å². The van der Waals surface area contributed by atoms with Gasteiger partial charge in [0.1, 0.15) is 24.7 Å². The first-order chi connectivity index (χ1) is 20.2. The summed E-state index contributed by atoms with van der Waals surface area (Å²) in [5.74, 6) is 3.42. The molecule has 2 aromatic carbocycles. The second kappa shape index (κ2) is 13.4. The van der Waals surface area contributed by atoms with E-state index in [1.807, 2.05) is 64.6 Å². The molecule has 0 fully saturated rings. The Morgan fingerprint density at radius 1 is 0.690 bits per heavy atom. The average Bonchev–Trinajstić information content (AvgIpc) is 2.95. The minimum absolute atomic E-state index is 0.117. The Bertz CT molecular complexity index is 1570. The van der Waals surface area contributed by atoms with Gasteiger partial charge in [-0.1, -0.05) is 24.3 Å². The molecule has 0 bridgehead atoms. The SMILES string of the molecule is C=CCc1ccc(OCc2nc(N)nc(N(C)C)n2)c(-c2ccc(OCc3nc(N)nc(N(C)C)n3)c(CC=C)c2)c1. The van der Waals surface area contributed by atoms with Gasteiger partial charge in [0.05, 0.1) is 0 Å². The van der Waals surface area contributed by atoms with Gasteiger partial charge in [0.15, 0.2) is 11.6 Å².